The fraction of sp³-hybridized carbons (Fsp3) is 1.00. The Balaban J connectivity index is 1.83. The zero-order valence-corrected chi connectivity index (χ0v) is 11.9. The molecular formula is C17H32. The maximum absolute atomic E-state index is 2.47. The molecule has 0 heterocycles. The van der Waals surface area contributed by atoms with Gasteiger partial charge in [0.25, 0.3) is 0 Å². The van der Waals surface area contributed by atoms with Crippen molar-refractivity contribution >= 4 is 0 Å². The van der Waals surface area contributed by atoms with Crippen LogP contribution in [0.15, 0.2) is 0 Å². The molecule has 2 atom stereocenters. The molecule has 0 aromatic rings. The predicted molar refractivity (Wildman–Crippen MR) is 76.2 cm³/mol. The summed E-state index contributed by atoms with van der Waals surface area (Å²) in [6.45, 7) is 2.47. The molecular weight excluding hydrogens is 204 g/mol. The van der Waals surface area contributed by atoms with Gasteiger partial charge in [0.15, 0.2) is 0 Å². The zero-order valence-electron chi connectivity index (χ0n) is 11.9. The van der Waals surface area contributed by atoms with Crippen molar-refractivity contribution < 1.29 is 0 Å². The van der Waals surface area contributed by atoms with E-state index in [1.165, 1.54) is 57.8 Å². The van der Waals surface area contributed by atoms with E-state index in [0.717, 1.165) is 17.8 Å². The molecule has 0 spiro atoms. The normalized spacial score (nSPS) is 34.4. The van der Waals surface area contributed by atoms with Crippen LogP contribution >= 0.6 is 0 Å². The van der Waals surface area contributed by atoms with Gasteiger partial charge < -0.3 is 0 Å². The summed E-state index contributed by atoms with van der Waals surface area (Å²) < 4.78 is 0. The first-order valence-electron chi connectivity index (χ1n) is 8.36. The van der Waals surface area contributed by atoms with Crippen LogP contribution in [0.2, 0.25) is 0 Å². The Labute approximate surface area is 109 Å². The average Bonchev–Trinajstić information content (AvgIpc) is 2.25. The van der Waals surface area contributed by atoms with Crippen molar-refractivity contribution in [3.8, 4) is 0 Å². The Kier molecular flexibility index (Phi) is 5.88. The standard InChI is InChI=1S/C17H32/c1-15-9-7-8-12-17(14-13-15)16-10-5-3-2-4-6-11-16/h15-17H,2-14H2,1H3. The van der Waals surface area contributed by atoms with E-state index in [9.17, 15) is 0 Å². The van der Waals surface area contributed by atoms with Crippen LogP contribution in [0.25, 0.3) is 0 Å². The molecule has 2 unspecified atom stereocenters. The third kappa shape index (κ3) is 4.64. The lowest BCUT2D eigenvalue weighted by atomic mass is 9.75. The Bertz CT molecular complexity index is 188. The van der Waals surface area contributed by atoms with Crippen molar-refractivity contribution in [3.63, 3.8) is 0 Å². The summed E-state index contributed by atoms with van der Waals surface area (Å²) >= 11 is 0. The molecule has 0 amide bonds. The largest absolute Gasteiger partial charge is 0.0625 e. The van der Waals surface area contributed by atoms with Gasteiger partial charge in [0, 0.05) is 0 Å². The minimum absolute atomic E-state index is 1.01. The molecule has 2 fully saturated rings. The SMILES string of the molecule is CC1CCCCC(C2CCCCCCC2)CC1. The first-order chi connectivity index (χ1) is 8.36. The monoisotopic (exact) mass is 236 g/mol. The van der Waals surface area contributed by atoms with Gasteiger partial charge in [-0.2, -0.15) is 0 Å². The van der Waals surface area contributed by atoms with Crippen molar-refractivity contribution in [2.24, 2.45) is 17.8 Å². The molecule has 2 rings (SSSR count). The highest BCUT2D eigenvalue weighted by molar-refractivity contribution is 4.75. The maximum Gasteiger partial charge on any atom is -0.0386 e. The lowest BCUT2D eigenvalue weighted by molar-refractivity contribution is 0.207. The van der Waals surface area contributed by atoms with E-state index < -0.39 is 0 Å². The third-order valence-electron chi connectivity index (χ3n) is 5.37. The second-order valence-electron chi connectivity index (χ2n) is 6.83. The van der Waals surface area contributed by atoms with Crippen LogP contribution in [-0.2, 0) is 0 Å². The van der Waals surface area contributed by atoms with E-state index in [1.807, 2.05) is 0 Å². The topological polar surface area (TPSA) is 0 Å². The van der Waals surface area contributed by atoms with Gasteiger partial charge in [-0.3, -0.25) is 0 Å². The first-order valence-corrected chi connectivity index (χ1v) is 8.36. The average molecular weight is 236 g/mol. The molecule has 0 nitrogen and oxygen atoms in total. The van der Waals surface area contributed by atoms with E-state index in [1.54, 1.807) is 25.7 Å². The van der Waals surface area contributed by atoms with Crippen LogP contribution in [0, 0.1) is 17.8 Å². The Morgan fingerprint density at radius 2 is 0.941 bits per heavy atom. The summed E-state index contributed by atoms with van der Waals surface area (Å²) in [5.41, 5.74) is 0. The Morgan fingerprint density at radius 1 is 0.471 bits per heavy atom. The summed E-state index contributed by atoms with van der Waals surface area (Å²) in [6, 6.07) is 0. The zero-order chi connectivity index (χ0) is 11.9. The second kappa shape index (κ2) is 7.44. The number of rotatable bonds is 1. The van der Waals surface area contributed by atoms with Crippen LogP contribution < -0.4 is 0 Å². The fourth-order valence-electron chi connectivity index (χ4n) is 4.12. The van der Waals surface area contributed by atoms with Gasteiger partial charge in [-0.05, 0) is 24.2 Å². The van der Waals surface area contributed by atoms with Crippen molar-refractivity contribution in [2.45, 2.75) is 90.4 Å². The molecule has 0 bridgehead atoms. The highest BCUT2D eigenvalue weighted by Gasteiger charge is 2.23. The Hall–Kier alpha value is 0. The summed E-state index contributed by atoms with van der Waals surface area (Å²) in [4.78, 5) is 0. The molecule has 2 saturated carbocycles. The fourth-order valence-corrected chi connectivity index (χ4v) is 4.12. The smallest absolute Gasteiger partial charge is 0.0386 e. The second-order valence-corrected chi connectivity index (χ2v) is 6.83. The van der Waals surface area contributed by atoms with E-state index in [-0.39, 0.29) is 0 Å². The Morgan fingerprint density at radius 3 is 1.65 bits per heavy atom. The van der Waals surface area contributed by atoms with Gasteiger partial charge in [-0.25, -0.2) is 0 Å². The molecule has 0 aromatic heterocycles. The molecule has 0 heteroatoms. The molecule has 0 aromatic carbocycles. The first kappa shape index (κ1) is 13.4. The lowest BCUT2D eigenvalue weighted by Gasteiger charge is -2.31. The van der Waals surface area contributed by atoms with Crippen LogP contribution in [0.5, 0.6) is 0 Å². The predicted octanol–water partition coefficient (Wildman–Crippen LogP) is 5.95. The molecule has 100 valence electrons. The molecule has 17 heavy (non-hydrogen) atoms. The van der Waals surface area contributed by atoms with E-state index in [0.29, 0.717) is 0 Å². The van der Waals surface area contributed by atoms with Crippen LogP contribution in [0.3, 0.4) is 0 Å². The van der Waals surface area contributed by atoms with Gasteiger partial charge >= 0.3 is 0 Å². The van der Waals surface area contributed by atoms with Crippen LogP contribution in [0.1, 0.15) is 90.4 Å². The molecule has 2 aliphatic carbocycles. The molecule has 0 N–H and O–H groups in total. The number of hydrogen-bond donors (Lipinski definition) is 0. The van der Waals surface area contributed by atoms with Crippen LogP contribution in [0.4, 0.5) is 0 Å². The van der Waals surface area contributed by atoms with Gasteiger partial charge in [0.1, 0.15) is 0 Å². The van der Waals surface area contributed by atoms with E-state index in [2.05, 4.69) is 6.92 Å². The van der Waals surface area contributed by atoms with Gasteiger partial charge in [-0.1, -0.05) is 84.0 Å². The summed E-state index contributed by atoms with van der Waals surface area (Å²) in [7, 11) is 0. The van der Waals surface area contributed by atoms with Gasteiger partial charge in [-0.15, -0.1) is 0 Å². The van der Waals surface area contributed by atoms with E-state index >= 15 is 0 Å². The number of hydrogen-bond acceptors (Lipinski definition) is 0. The highest BCUT2D eigenvalue weighted by Crippen LogP contribution is 2.36. The van der Waals surface area contributed by atoms with Crippen LogP contribution in [-0.4, -0.2) is 0 Å². The minimum Gasteiger partial charge on any atom is -0.0625 e. The van der Waals surface area contributed by atoms with Crippen molar-refractivity contribution in [1.29, 1.82) is 0 Å². The molecule has 2 aliphatic rings. The van der Waals surface area contributed by atoms with E-state index in [4.69, 9.17) is 0 Å². The lowest BCUT2D eigenvalue weighted by Crippen LogP contribution is -2.19. The van der Waals surface area contributed by atoms with Crippen molar-refractivity contribution in [3.05, 3.63) is 0 Å². The molecule has 0 aliphatic heterocycles. The summed E-state index contributed by atoms with van der Waals surface area (Å²) in [6.07, 6.45) is 19.8. The summed E-state index contributed by atoms with van der Waals surface area (Å²) in [5.74, 6) is 3.20. The molecule has 0 saturated heterocycles. The summed E-state index contributed by atoms with van der Waals surface area (Å²) in [5, 5.41) is 0. The van der Waals surface area contributed by atoms with Crippen molar-refractivity contribution in [1.82, 2.24) is 0 Å². The quantitative estimate of drug-likeness (QED) is 0.527. The third-order valence-corrected chi connectivity index (χ3v) is 5.37. The van der Waals surface area contributed by atoms with Gasteiger partial charge in [0.2, 0.25) is 0 Å². The molecule has 0 radical (unpaired) electrons. The van der Waals surface area contributed by atoms with Crippen molar-refractivity contribution in [2.75, 3.05) is 0 Å². The highest BCUT2D eigenvalue weighted by atomic mass is 14.3. The maximum atomic E-state index is 2.47. The van der Waals surface area contributed by atoms with Gasteiger partial charge in [0.05, 0.1) is 0 Å². The minimum atomic E-state index is 1.01.